The van der Waals surface area contributed by atoms with E-state index in [1.807, 2.05) is 0 Å². The summed E-state index contributed by atoms with van der Waals surface area (Å²) in [5, 5.41) is 0.445. The molecule has 0 radical (unpaired) electrons. The van der Waals surface area contributed by atoms with Gasteiger partial charge in [0.25, 0.3) is 0 Å². The lowest BCUT2D eigenvalue weighted by molar-refractivity contribution is 0.417. The first kappa shape index (κ1) is 14.6. The van der Waals surface area contributed by atoms with E-state index < -0.39 is 10.0 Å². The quantitative estimate of drug-likeness (QED) is 0.854. The summed E-state index contributed by atoms with van der Waals surface area (Å²) in [7, 11) is -3.51. The third-order valence-electron chi connectivity index (χ3n) is 3.57. The van der Waals surface area contributed by atoms with Gasteiger partial charge in [0, 0.05) is 18.1 Å². The molecule has 1 saturated heterocycles. The second kappa shape index (κ2) is 5.69. The number of anilines is 1. The highest BCUT2D eigenvalue weighted by molar-refractivity contribution is 7.89. The zero-order valence-electron chi connectivity index (χ0n) is 11.0. The number of nitrogen functional groups attached to an aromatic ring is 1. The highest BCUT2D eigenvalue weighted by atomic mass is 35.5. The van der Waals surface area contributed by atoms with Crippen molar-refractivity contribution in [2.45, 2.75) is 31.1 Å². The second-order valence-corrected chi connectivity index (χ2v) is 7.47. The number of hydrogen-bond donors (Lipinski definition) is 1. The van der Waals surface area contributed by atoms with Crippen molar-refractivity contribution >= 4 is 27.3 Å². The Hall–Kier alpha value is -0.780. The van der Waals surface area contributed by atoms with E-state index in [0.29, 0.717) is 24.0 Å². The van der Waals surface area contributed by atoms with E-state index in [4.69, 9.17) is 17.3 Å². The van der Waals surface area contributed by atoms with E-state index in [2.05, 4.69) is 6.92 Å². The molecule has 0 amide bonds. The number of rotatable bonds is 2. The van der Waals surface area contributed by atoms with Gasteiger partial charge in [0.05, 0.1) is 5.69 Å². The highest BCUT2D eigenvalue weighted by Gasteiger charge is 2.28. The summed E-state index contributed by atoms with van der Waals surface area (Å²) in [6, 6.07) is 4.53. The van der Waals surface area contributed by atoms with E-state index in [9.17, 15) is 8.42 Å². The van der Waals surface area contributed by atoms with Gasteiger partial charge in [0.2, 0.25) is 10.0 Å². The molecular formula is C13H19ClN2O2S. The highest BCUT2D eigenvalue weighted by Crippen LogP contribution is 2.28. The van der Waals surface area contributed by atoms with Crippen molar-refractivity contribution in [3.63, 3.8) is 0 Å². The molecule has 0 saturated carbocycles. The summed E-state index contributed by atoms with van der Waals surface area (Å²) >= 11 is 5.81. The van der Waals surface area contributed by atoms with Crippen LogP contribution in [0.15, 0.2) is 23.1 Å². The van der Waals surface area contributed by atoms with Crippen LogP contribution in [0, 0.1) is 5.92 Å². The molecule has 6 heteroatoms. The van der Waals surface area contributed by atoms with Gasteiger partial charge in [-0.05, 0) is 43.4 Å². The third-order valence-corrected chi connectivity index (χ3v) is 5.77. The van der Waals surface area contributed by atoms with Crippen molar-refractivity contribution in [3.05, 3.63) is 23.2 Å². The Balaban J connectivity index is 2.31. The molecule has 2 N–H and O–H groups in total. The van der Waals surface area contributed by atoms with E-state index in [-0.39, 0.29) is 10.6 Å². The fourth-order valence-corrected chi connectivity index (χ4v) is 4.14. The Labute approximate surface area is 119 Å². The molecule has 1 heterocycles. The standard InChI is InChI=1S/C13H19ClN2O2S/c1-10-3-2-7-16(8-6-10)19(17,18)13-5-4-11(14)9-12(13)15/h4-5,9-10H,2-3,6-8,15H2,1H3. The zero-order chi connectivity index (χ0) is 14.0. The van der Waals surface area contributed by atoms with Gasteiger partial charge >= 0.3 is 0 Å². The first-order valence-electron chi connectivity index (χ1n) is 6.46. The lowest BCUT2D eigenvalue weighted by Crippen LogP contribution is -2.32. The van der Waals surface area contributed by atoms with Gasteiger partial charge in [-0.2, -0.15) is 4.31 Å². The van der Waals surface area contributed by atoms with Crippen LogP contribution in [0.2, 0.25) is 5.02 Å². The predicted octanol–water partition coefficient (Wildman–Crippen LogP) is 2.73. The molecule has 1 atom stereocenters. The number of sulfonamides is 1. The van der Waals surface area contributed by atoms with Crippen molar-refractivity contribution in [2.24, 2.45) is 5.92 Å². The van der Waals surface area contributed by atoms with E-state index in [0.717, 1.165) is 19.3 Å². The zero-order valence-corrected chi connectivity index (χ0v) is 12.5. The number of nitrogens with zero attached hydrogens (tertiary/aromatic N) is 1. The van der Waals surface area contributed by atoms with Crippen LogP contribution in [0.25, 0.3) is 0 Å². The predicted molar refractivity (Wildman–Crippen MR) is 77.6 cm³/mol. The Kier molecular flexibility index (Phi) is 4.38. The molecule has 4 nitrogen and oxygen atoms in total. The van der Waals surface area contributed by atoms with Crippen LogP contribution in [-0.2, 0) is 10.0 Å². The Morgan fingerprint density at radius 3 is 2.74 bits per heavy atom. The molecule has 1 unspecified atom stereocenters. The molecule has 0 aliphatic carbocycles. The number of benzene rings is 1. The molecular weight excluding hydrogens is 284 g/mol. The average Bonchev–Trinajstić information content (AvgIpc) is 2.53. The van der Waals surface area contributed by atoms with Gasteiger partial charge < -0.3 is 5.73 Å². The van der Waals surface area contributed by atoms with Crippen LogP contribution in [0.1, 0.15) is 26.2 Å². The molecule has 19 heavy (non-hydrogen) atoms. The topological polar surface area (TPSA) is 63.4 Å². The molecule has 1 aromatic rings. The van der Waals surface area contributed by atoms with Crippen LogP contribution in [0.4, 0.5) is 5.69 Å². The van der Waals surface area contributed by atoms with Gasteiger partial charge in [-0.3, -0.25) is 0 Å². The molecule has 1 aliphatic heterocycles. The molecule has 1 aromatic carbocycles. The maximum atomic E-state index is 12.6. The van der Waals surface area contributed by atoms with Gasteiger partial charge in [-0.1, -0.05) is 18.5 Å². The van der Waals surface area contributed by atoms with Crippen molar-refractivity contribution in [1.29, 1.82) is 0 Å². The fourth-order valence-electron chi connectivity index (χ4n) is 2.37. The smallest absolute Gasteiger partial charge is 0.245 e. The second-order valence-electron chi connectivity index (χ2n) is 5.12. The van der Waals surface area contributed by atoms with Gasteiger partial charge in [-0.15, -0.1) is 0 Å². The summed E-state index contributed by atoms with van der Waals surface area (Å²) in [5.74, 6) is 0.572. The summed E-state index contributed by atoms with van der Waals surface area (Å²) in [6.45, 7) is 3.28. The monoisotopic (exact) mass is 302 g/mol. The van der Waals surface area contributed by atoms with Crippen LogP contribution in [-0.4, -0.2) is 25.8 Å². The van der Waals surface area contributed by atoms with Gasteiger partial charge in [0.15, 0.2) is 0 Å². The lowest BCUT2D eigenvalue weighted by Gasteiger charge is -2.21. The Bertz CT molecular complexity index is 560. The molecule has 0 bridgehead atoms. The summed E-state index contributed by atoms with van der Waals surface area (Å²) in [4.78, 5) is 0.159. The molecule has 1 fully saturated rings. The molecule has 2 rings (SSSR count). The van der Waals surface area contributed by atoms with Crippen LogP contribution < -0.4 is 5.73 Å². The van der Waals surface area contributed by atoms with E-state index in [1.165, 1.54) is 16.4 Å². The van der Waals surface area contributed by atoms with Gasteiger partial charge in [-0.25, -0.2) is 8.42 Å². The molecule has 0 aromatic heterocycles. The Morgan fingerprint density at radius 1 is 1.32 bits per heavy atom. The normalized spacial score (nSPS) is 22.1. The Morgan fingerprint density at radius 2 is 2.05 bits per heavy atom. The molecule has 1 aliphatic rings. The average molecular weight is 303 g/mol. The summed E-state index contributed by atoms with van der Waals surface area (Å²) < 4.78 is 26.7. The summed E-state index contributed by atoms with van der Waals surface area (Å²) in [6.07, 6.45) is 2.86. The van der Waals surface area contributed by atoms with Crippen molar-refractivity contribution in [2.75, 3.05) is 18.8 Å². The minimum absolute atomic E-state index is 0.159. The largest absolute Gasteiger partial charge is 0.398 e. The minimum Gasteiger partial charge on any atom is -0.398 e. The van der Waals surface area contributed by atoms with Crippen LogP contribution in [0.5, 0.6) is 0 Å². The third kappa shape index (κ3) is 3.22. The number of halogens is 1. The van der Waals surface area contributed by atoms with Gasteiger partial charge in [0.1, 0.15) is 4.90 Å². The van der Waals surface area contributed by atoms with Crippen molar-refractivity contribution in [1.82, 2.24) is 4.31 Å². The maximum Gasteiger partial charge on any atom is 0.245 e. The van der Waals surface area contributed by atoms with Crippen LogP contribution >= 0.6 is 11.6 Å². The maximum absolute atomic E-state index is 12.6. The first-order chi connectivity index (χ1) is 8.91. The minimum atomic E-state index is -3.51. The van der Waals surface area contributed by atoms with E-state index in [1.54, 1.807) is 6.07 Å². The van der Waals surface area contributed by atoms with Crippen molar-refractivity contribution in [3.8, 4) is 0 Å². The first-order valence-corrected chi connectivity index (χ1v) is 8.28. The van der Waals surface area contributed by atoms with E-state index >= 15 is 0 Å². The lowest BCUT2D eigenvalue weighted by atomic mass is 10.0. The van der Waals surface area contributed by atoms with Crippen molar-refractivity contribution < 1.29 is 8.42 Å². The molecule has 0 spiro atoms. The SMILES string of the molecule is CC1CCCN(S(=O)(=O)c2ccc(Cl)cc2N)CC1. The number of hydrogen-bond acceptors (Lipinski definition) is 3. The fraction of sp³-hybridized carbons (Fsp3) is 0.538. The number of nitrogens with two attached hydrogens (primary N) is 1. The molecule has 106 valence electrons. The summed E-state index contributed by atoms with van der Waals surface area (Å²) in [5.41, 5.74) is 6.00. The van der Waals surface area contributed by atoms with Crippen LogP contribution in [0.3, 0.4) is 0 Å².